The molecule has 5 heteroatoms. The monoisotopic (exact) mass is 204 g/mol. The molecule has 1 atom stereocenters. The molecule has 1 fully saturated rings. The quantitative estimate of drug-likeness (QED) is 0.561. The van der Waals surface area contributed by atoms with Gasteiger partial charge in [0.2, 0.25) is 3.79 Å². The van der Waals surface area contributed by atoms with Gasteiger partial charge in [0, 0.05) is 0 Å². The van der Waals surface area contributed by atoms with Gasteiger partial charge in [-0.15, -0.1) is 0 Å². The molecule has 60 valence electrons. The van der Waals surface area contributed by atoms with E-state index < -0.39 is 9.90 Å². The molecule has 2 nitrogen and oxygen atoms in total. The van der Waals surface area contributed by atoms with Gasteiger partial charge < -0.3 is 9.47 Å². The maximum atomic E-state index is 5.54. The largest absolute Gasteiger partial charge is 0.376 e. The van der Waals surface area contributed by atoms with E-state index in [2.05, 4.69) is 0 Å². The number of halogens is 3. The van der Waals surface area contributed by atoms with Crippen LogP contribution in [0.2, 0.25) is 0 Å². The van der Waals surface area contributed by atoms with Crippen LogP contribution < -0.4 is 0 Å². The smallest absolute Gasteiger partial charge is 0.218 e. The lowest BCUT2D eigenvalue weighted by atomic mass is 10.4. The van der Waals surface area contributed by atoms with Gasteiger partial charge in [-0.25, -0.2) is 0 Å². The van der Waals surface area contributed by atoms with E-state index in [4.69, 9.17) is 44.3 Å². The summed E-state index contributed by atoms with van der Waals surface area (Å²) < 4.78 is 8.79. The summed E-state index contributed by atoms with van der Waals surface area (Å²) in [5.41, 5.74) is 0. The Labute approximate surface area is 74.3 Å². The molecule has 1 unspecified atom stereocenters. The van der Waals surface area contributed by atoms with E-state index in [1.165, 1.54) is 0 Å². The Balaban J connectivity index is 2.39. The Hall–Kier alpha value is 0.790. The van der Waals surface area contributed by atoms with Crippen molar-refractivity contribution in [2.45, 2.75) is 9.90 Å². The van der Waals surface area contributed by atoms with Crippen molar-refractivity contribution in [1.82, 2.24) is 0 Å². The highest BCUT2D eigenvalue weighted by molar-refractivity contribution is 6.68. The van der Waals surface area contributed by atoms with Crippen molar-refractivity contribution < 1.29 is 9.47 Å². The van der Waals surface area contributed by atoms with E-state index in [9.17, 15) is 0 Å². The van der Waals surface area contributed by atoms with Crippen molar-refractivity contribution >= 4 is 34.8 Å². The van der Waals surface area contributed by atoms with Crippen molar-refractivity contribution in [3.63, 3.8) is 0 Å². The van der Waals surface area contributed by atoms with Gasteiger partial charge in [0.15, 0.2) is 0 Å². The highest BCUT2D eigenvalue weighted by Crippen LogP contribution is 2.33. The lowest BCUT2D eigenvalue weighted by Gasteiger charge is -2.28. The van der Waals surface area contributed by atoms with Gasteiger partial charge in [0.25, 0.3) is 0 Å². The van der Waals surface area contributed by atoms with Crippen LogP contribution in [0.5, 0.6) is 0 Å². The Kier molecular flexibility index (Phi) is 3.07. The fourth-order valence-electron chi connectivity index (χ4n) is 0.677. The zero-order valence-electron chi connectivity index (χ0n) is 5.15. The van der Waals surface area contributed by atoms with Gasteiger partial charge in [-0.05, 0) is 0 Å². The van der Waals surface area contributed by atoms with E-state index in [1.54, 1.807) is 0 Å². The molecule has 0 aromatic carbocycles. The van der Waals surface area contributed by atoms with E-state index in [1.807, 2.05) is 0 Å². The van der Waals surface area contributed by atoms with Crippen molar-refractivity contribution in [1.29, 1.82) is 0 Å². The summed E-state index contributed by atoms with van der Waals surface area (Å²) in [5.74, 6) is 0. The van der Waals surface area contributed by atoms with Crippen LogP contribution in [-0.4, -0.2) is 29.7 Å². The summed E-state index contributed by atoms with van der Waals surface area (Å²) in [5, 5.41) is 0. The number of hydrogen-bond donors (Lipinski definition) is 0. The summed E-state index contributed by atoms with van der Waals surface area (Å²) in [7, 11) is 0. The molecular formula is C5H7Cl3O2. The number of rotatable bonds is 0. The van der Waals surface area contributed by atoms with Crippen LogP contribution in [0.25, 0.3) is 0 Å². The predicted octanol–water partition coefficient (Wildman–Crippen LogP) is 1.77. The van der Waals surface area contributed by atoms with Crippen LogP contribution in [0.1, 0.15) is 0 Å². The van der Waals surface area contributed by atoms with E-state index >= 15 is 0 Å². The van der Waals surface area contributed by atoms with Gasteiger partial charge in [0.1, 0.15) is 6.10 Å². The molecule has 0 spiro atoms. The van der Waals surface area contributed by atoms with Crippen LogP contribution in [-0.2, 0) is 9.47 Å². The first-order valence-electron chi connectivity index (χ1n) is 2.87. The van der Waals surface area contributed by atoms with Gasteiger partial charge in [-0.2, -0.15) is 0 Å². The standard InChI is InChI=1S/C5H7Cl3O2/c6-5(7,8)4-3-9-1-2-10-4/h4H,1-3H2. The molecule has 10 heavy (non-hydrogen) atoms. The normalized spacial score (nSPS) is 28.5. The second kappa shape index (κ2) is 3.46. The van der Waals surface area contributed by atoms with E-state index in [0.29, 0.717) is 19.8 Å². The Bertz CT molecular complexity index is 106. The highest BCUT2D eigenvalue weighted by Gasteiger charge is 2.35. The maximum absolute atomic E-state index is 5.54. The summed E-state index contributed by atoms with van der Waals surface area (Å²) in [6.07, 6.45) is -0.425. The molecule has 0 aromatic heterocycles. The van der Waals surface area contributed by atoms with Crippen molar-refractivity contribution in [2.75, 3.05) is 19.8 Å². The number of alkyl halides is 3. The molecule has 0 saturated carbocycles. The molecule has 1 aliphatic rings. The molecule has 0 N–H and O–H groups in total. The van der Waals surface area contributed by atoms with Crippen LogP contribution in [0, 0.1) is 0 Å². The molecule has 1 saturated heterocycles. The minimum absolute atomic E-state index is 0.358. The molecule has 1 aliphatic heterocycles. The second-order valence-electron chi connectivity index (χ2n) is 1.98. The fourth-order valence-corrected chi connectivity index (χ4v) is 1.05. The van der Waals surface area contributed by atoms with Crippen molar-refractivity contribution in [2.24, 2.45) is 0 Å². The van der Waals surface area contributed by atoms with Gasteiger partial charge in [0.05, 0.1) is 19.8 Å². The topological polar surface area (TPSA) is 18.5 Å². The third-order valence-corrected chi connectivity index (χ3v) is 1.91. The summed E-state index contributed by atoms with van der Waals surface area (Å²) in [6, 6.07) is 0. The van der Waals surface area contributed by atoms with E-state index in [0.717, 1.165) is 0 Å². The third kappa shape index (κ3) is 2.44. The first-order valence-corrected chi connectivity index (χ1v) is 4.00. The highest BCUT2D eigenvalue weighted by atomic mass is 35.6. The molecule has 0 aliphatic carbocycles. The third-order valence-electron chi connectivity index (χ3n) is 1.18. The SMILES string of the molecule is ClC(Cl)(Cl)C1COCCO1. The zero-order chi connectivity index (χ0) is 7.61. The molecular weight excluding hydrogens is 198 g/mol. The summed E-state index contributed by atoms with van der Waals surface area (Å²) in [4.78, 5) is 0. The average Bonchev–Trinajstić information content (AvgIpc) is 1.88. The fraction of sp³-hybridized carbons (Fsp3) is 1.00. The number of hydrogen-bond acceptors (Lipinski definition) is 2. The van der Waals surface area contributed by atoms with E-state index in [-0.39, 0.29) is 0 Å². The van der Waals surface area contributed by atoms with Gasteiger partial charge in [-0.3, -0.25) is 0 Å². The van der Waals surface area contributed by atoms with Crippen molar-refractivity contribution in [3.05, 3.63) is 0 Å². The van der Waals surface area contributed by atoms with Crippen LogP contribution >= 0.6 is 34.8 Å². The average molecular weight is 205 g/mol. The predicted molar refractivity (Wildman–Crippen MR) is 40.8 cm³/mol. The Morgan fingerprint density at radius 3 is 2.20 bits per heavy atom. The lowest BCUT2D eigenvalue weighted by Crippen LogP contribution is -2.38. The maximum Gasteiger partial charge on any atom is 0.218 e. The molecule has 0 bridgehead atoms. The lowest BCUT2D eigenvalue weighted by molar-refractivity contribution is -0.0858. The van der Waals surface area contributed by atoms with Crippen LogP contribution in [0.3, 0.4) is 0 Å². The molecule has 0 amide bonds. The second-order valence-corrected chi connectivity index (χ2v) is 4.34. The minimum atomic E-state index is -1.36. The molecule has 0 aromatic rings. The summed E-state index contributed by atoms with van der Waals surface area (Å²) in [6.45, 7) is 1.44. The summed E-state index contributed by atoms with van der Waals surface area (Å²) >= 11 is 16.6. The van der Waals surface area contributed by atoms with Gasteiger partial charge >= 0.3 is 0 Å². The molecule has 0 radical (unpaired) electrons. The van der Waals surface area contributed by atoms with Crippen LogP contribution in [0.15, 0.2) is 0 Å². The molecule has 1 rings (SSSR count). The van der Waals surface area contributed by atoms with Crippen LogP contribution in [0.4, 0.5) is 0 Å². The Morgan fingerprint density at radius 2 is 1.90 bits per heavy atom. The first-order chi connectivity index (χ1) is 4.61. The van der Waals surface area contributed by atoms with Crippen molar-refractivity contribution in [3.8, 4) is 0 Å². The van der Waals surface area contributed by atoms with Gasteiger partial charge in [-0.1, -0.05) is 34.8 Å². The zero-order valence-corrected chi connectivity index (χ0v) is 7.42. The minimum Gasteiger partial charge on any atom is -0.376 e. The molecule has 1 heterocycles. The first kappa shape index (κ1) is 8.88. The number of ether oxygens (including phenoxy) is 2. The Morgan fingerprint density at radius 1 is 1.20 bits per heavy atom.